The van der Waals surface area contributed by atoms with E-state index in [1.54, 1.807) is 6.07 Å². The van der Waals surface area contributed by atoms with Gasteiger partial charge >= 0.3 is 0 Å². The molecule has 0 spiro atoms. The van der Waals surface area contributed by atoms with Crippen LogP contribution in [0.4, 0.5) is 0 Å². The monoisotopic (exact) mass is 304 g/mol. The smallest absolute Gasteiger partial charge is 0.224 e. The van der Waals surface area contributed by atoms with Gasteiger partial charge < -0.3 is 9.88 Å². The Morgan fingerprint density at radius 1 is 1.24 bits per heavy atom. The van der Waals surface area contributed by atoms with Crippen LogP contribution in [0.1, 0.15) is 22.5 Å². The van der Waals surface area contributed by atoms with Crippen LogP contribution in [0.5, 0.6) is 0 Å². The summed E-state index contributed by atoms with van der Waals surface area (Å²) in [5, 5.41) is 3.60. The van der Waals surface area contributed by atoms with Crippen LogP contribution in [0.3, 0.4) is 0 Å². The van der Waals surface area contributed by atoms with Gasteiger partial charge in [-0.25, -0.2) is 0 Å². The van der Waals surface area contributed by atoms with Crippen molar-refractivity contribution in [1.82, 2.24) is 9.88 Å². The van der Waals surface area contributed by atoms with Crippen LogP contribution in [0, 0.1) is 13.8 Å². The number of nitrogens with zero attached hydrogens (tertiary/aromatic N) is 1. The Morgan fingerprint density at radius 3 is 2.57 bits per heavy atom. The summed E-state index contributed by atoms with van der Waals surface area (Å²) in [5.74, 6) is 0.00778. The number of halogens is 1. The minimum atomic E-state index is 0.00778. The predicted octanol–water partition coefficient (Wildman–Crippen LogP) is 3.20. The van der Waals surface area contributed by atoms with Crippen molar-refractivity contribution in [3.8, 4) is 0 Å². The summed E-state index contributed by atoms with van der Waals surface area (Å²) in [6, 6.07) is 9.62. The highest BCUT2D eigenvalue weighted by Gasteiger charge is 2.08. The lowest BCUT2D eigenvalue weighted by molar-refractivity contribution is -0.120. The molecule has 0 aliphatic heterocycles. The van der Waals surface area contributed by atoms with E-state index < -0.39 is 0 Å². The third-order valence-electron chi connectivity index (χ3n) is 3.91. The number of benzene rings is 1. The number of carbonyl (C=O) groups excluding carboxylic acids is 1. The molecule has 0 radical (unpaired) electrons. The largest absolute Gasteiger partial charge is 0.355 e. The third kappa shape index (κ3) is 3.88. The molecule has 0 aliphatic rings. The van der Waals surface area contributed by atoms with E-state index >= 15 is 0 Å². The fourth-order valence-corrected chi connectivity index (χ4v) is 2.60. The van der Waals surface area contributed by atoms with E-state index in [1.807, 2.05) is 18.2 Å². The number of rotatable bonds is 5. The van der Waals surface area contributed by atoms with E-state index in [-0.39, 0.29) is 5.91 Å². The van der Waals surface area contributed by atoms with Crippen LogP contribution in [0.2, 0.25) is 5.02 Å². The zero-order valence-corrected chi connectivity index (χ0v) is 13.5. The van der Waals surface area contributed by atoms with Crippen molar-refractivity contribution >= 4 is 17.5 Å². The van der Waals surface area contributed by atoms with Gasteiger partial charge in [-0.05, 0) is 43.5 Å². The van der Waals surface area contributed by atoms with Crippen molar-refractivity contribution in [2.45, 2.75) is 26.7 Å². The molecular formula is C17H21ClN2O. The van der Waals surface area contributed by atoms with Crippen molar-refractivity contribution in [3.63, 3.8) is 0 Å². The predicted molar refractivity (Wildman–Crippen MR) is 86.8 cm³/mol. The first kappa shape index (κ1) is 15.6. The van der Waals surface area contributed by atoms with Crippen LogP contribution in [0.25, 0.3) is 0 Å². The maximum atomic E-state index is 11.9. The summed E-state index contributed by atoms with van der Waals surface area (Å²) < 4.78 is 2.17. The number of aromatic nitrogens is 1. The van der Waals surface area contributed by atoms with E-state index in [0.29, 0.717) is 18.0 Å². The van der Waals surface area contributed by atoms with E-state index in [0.717, 1.165) is 12.0 Å². The molecule has 1 aromatic heterocycles. The van der Waals surface area contributed by atoms with Gasteiger partial charge in [0.2, 0.25) is 5.91 Å². The van der Waals surface area contributed by atoms with Crippen molar-refractivity contribution in [3.05, 3.63) is 57.9 Å². The molecule has 0 bridgehead atoms. The standard InChI is InChI=1S/C17H21ClN2O/c1-12-10-14(13(2)20(12)3)8-9-19-17(21)11-15-6-4-5-7-16(15)18/h4-7,10H,8-9,11H2,1-3H3,(H,19,21). The van der Waals surface area contributed by atoms with Crippen LogP contribution in [-0.2, 0) is 24.7 Å². The number of hydrogen-bond donors (Lipinski definition) is 1. The fraction of sp³-hybridized carbons (Fsp3) is 0.353. The minimum absolute atomic E-state index is 0.00778. The molecule has 1 N–H and O–H groups in total. The molecule has 112 valence electrons. The Balaban J connectivity index is 1.85. The Morgan fingerprint density at radius 2 is 1.95 bits per heavy atom. The summed E-state index contributed by atoms with van der Waals surface area (Å²) in [4.78, 5) is 11.9. The molecule has 21 heavy (non-hydrogen) atoms. The van der Waals surface area contributed by atoms with Gasteiger partial charge in [-0.15, -0.1) is 0 Å². The molecule has 1 aromatic carbocycles. The molecular weight excluding hydrogens is 284 g/mol. The van der Waals surface area contributed by atoms with E-state index in [2.05, 4.69) is 36.8 Å². The molecule has 1 amide bonds. The average molecular weight is 305 g/mol. The maximum absolute atomic E-state index is 11.9. The van der Waals surface area contributed by atoms with Crippen LogP contribution in [0.15, 0.2) is 30.3 Å². The highest BCUT2D eigenvalue weighted by Crippen LogP contribution is 2.15. The quantitative estimate of drug-likeness (QED) is 0.904. The number of amides is 1. The van der Waals surface area contributed by atoms with Crippen LogP contribution in [-0.4, -0.2) is 17.0 Å². The summed E-state index contributed by atoms with van der Waals surface area (Å²) in [6.45, 7) is 4.84. The Bertz CT molecular complexity index is 646. The average Bonchev–Trinajstić information content (AvgIpc) is 2.69. The van der Waals surface area contributed by atoms with Gasteiger partial charge in [-0.3, -0.25) is 4.79 Å². The molecule has 0 fully saturated rings. The molecule has 0 saturated carbocycles. The highest BCUT2D eigenvalue weighted by molar-refractivity contribution is 6.31. The first-order chi connectivity index (χ1) is 9.99. The first-order valence-electron chi connectivity index (χ1n) is 7.11. The van der Waals surface area contributed by atoms with Gasteiger partial charge in [-0.2, -0.15) is 0 Å². The summed E-state index contributed by atoms with van der Waals surface area (Å²) >= 11 is 6.06. The zero-order chi connectivity index (χ0) is 15.4. The van der Waals surface area contributed by atoms with Gasteiger partial charge in [0.1, 0.15) is 0 Å². The SMILES string of the molecule is Cc1cc(CCNC(=O)Cc2ccccc2Cl)c(C)n1C. The second kappa shape index (κ2) is 6.81. The van der Waals surface area contributed by atoms with Gasteiger partial charge in [0.25, 0.3) is 0 Å². The second-order valence-corrected chi connectivity index (χ2v) is 5.73. The van der Waals surface area contributed by atoms with Gasteiger partial charge in [0.05, 0.1) is 6.42 Å². The number of aryl methyl sites for hydroxylation is 1. The molecule has 3 nitrogen and oxygen atoms in total. The summed E-state index contributed by atoms with van der Waals surface area (Å²) in [6.07, 6.45) is 1.17. The summed E-state index contributed by atoms with van der Waals surface area (Å²) in [7, 11) is 2.06. The molecule has 0 aliphatic carbocycles. The molecule has 0 atom stereocenters. The van der Waals surface area contributed by atoms with Crippen LogP contribution < -0.4 is 5.32 Å². The lowest BCUT2D eigenvalue weighted by atomic mass is 10.1. The van der Waals surface area contributed by atoms with Gasteiger partial charge in [0.15, 0.2) is 0 Å². The van der Waals surface area contributed by atoms with E-state index in [4.69, 9.17) is 11.6 Å². The zero-order valence-electron chi connectivity index (χ0n) is 12.7. The fourth-order valence-electron chi connectivity index (χ4n) is 2.40. The van der Waals surface area contributed by atoms with Crippen molar-refractivity contribution in [2.75, 3.05) is 6.54 Å². The van der Waals surface area contributed by atoms with Crippen molar-refractivity contribution in [2.24, 2.45) is 7.05 Å². The Labute approximate surface area is 130 Å². The Hall–Kier alpha value is -1.74. The molecule has 1 heterocycles. The number of nitrogens with one attached hydrogen (secondary N) is 1. The normalized spacial score (nSPS) is 10.7. The molecule has 0 unspecified atom stereocenters. The first-order valence-corrected chi connectivity index (χ1v) is 7.48. The van der Waals surface area contributed by atoms with Crippen LogP contribution >= 0.6 is 11.6 Å². The maximum Gasteiger partial charge on any atom is 0.224 e. The lowest BCUT2D eigenvalue weighted by Gasteiger charge is -2.07. The van der Waals surface area contributed by atoms with Gasteiger partial charge in [0, 0.05) is 30.0 Å². The third-order valence-corrected chi connectivity index (χ3v) is 4.27. The van der Waals surface area contributed by atoms with E-state index in [1.165, 1.54) is 17.0 Å². The minimum Gasteiger partial charge on any atom is -0.355 e. The van der Waals surface area contributed by atoms with Crippen molar-refractivity contribution in [1.29, 1.82) is 0 Å². The Kier molecular flexibility index (Phi) is 5.07. The lowest BCUT2D eigenvalue weighted by Crippen LogP contribution is -2.27. The number of carbonyl (C=O) groups is 1. The molecule has 2 rings (SSSR count). The topological polar surface area (TPSA) is 34.0 Å². The highest BCUT2D eigenvalue weighted by atomic mass is 35.5. The van der Waals surface area contributed by atoms with E-state index in [9.17, 15) is 4.79 Å². The molecule has 2 aromatic rings. The van der Waals surface area contributed by atoms with Crippen molar-refractivity contribution < 1.29 is 4.79 Å². The van der Waals surface area contributed by atoms with Gasteiger partial charge in [-0.1, -0.05) is 29.8 Å². The number of hydrogen-bond acceptors (Lipinski definition) is 1. The molecule has 4 heteroatoms. The summed E-state index contributed by atoms with van der Waals surface area (Å²) in [5.41, 5.74) is 4.65. The molecule has 0 saturated heterocycles. The second-order valence-electron chi connectivity index (χ2n) is 5.32.